The summed E-state index contributed by atoms with van der Waals surface area (Å²) in [5.41, 5.74) is 2.58. The van der Waals surface area contributed by atoms with Gasteiger partial charge in [-0.25, -0.2) is 18.5 Å². The number of anilines is 2. The van der Waals surface area contributed by atoms with Crippen LogP contribution in [0.1, 0.15) is 42.7 Å². The fourth-order valence-electron chi connectivity index (χ4n) is 5.72. The van der Waals surface area contributed by atoms with E-state index >= 15 is 0 Å². The fourth-order valence-corrected chi connectivity index (χ4v) is 9.27. The molecule has 238 valence electrons. The van der Waals surface area contributed by atoms with E-state index in [-0.39, 0.29) is 28.7 Å². The standard InChI is InChI=1S/C32H29BrN4O6S3/c1-32(2,3)18-6-4-17(5-7-18)24-25-26(29(40)37(28(25)39)21-12-8-19(33)9-13-21)44-30-27(24)45-31(41)36(30)16-23(38)35-20-10-14-22(15-11-20)46(34,42)43/h4-15,24-26H,16H2,1-3H3,(H,35,38)(H2,34,42,43)/t24-,25?,26?/m0/s1. The number of rotatable bonds is 6. The van der Waals surface area contributed by atoms with E-state index in [1.807, 2.05) is 24.3 Å². The van der Waals surface area contributed by atoms with Crippen molar-refractivity contribution in [3.05, 3.63) is 103 Å². The normalized spacial score (nSPS) is 19.6. The van der Waals surface area contributed by atoms with Gasteiger partial charge in [-0.1, -0.05) is 84.1 Å². The number of carbonyl (C=O) groups is 3. The molecule has 3 amide bonds. The molecule has 3 N–H and O–H groups in total. The van der Waals surface area contributed by atoms with E-state index < -0.39 is 37.9 Å². The molecule has 1 saturated heterocycles. The first-order chi connectivity index (χ1) is 21.6. The Morgan fingerprint density at radius 2 is 1.57 bits per heavy atom. The van der Waals surface area contributed by atoms with Crippen molar-refractivity contribution in [2.24, 2.45) is 11.1 Å². The summed E-state index contributed by atoms with van der Waals surface area (Å²) in [5, 5.41) is 7.49. The number of aromatic nitrogens is 1. The van der Waals surface area contributed by atoms with Crippen LogP contribution >= 0.6 is 39.0 Å². The molecule has 0 aliphatic carbocycles. The summed E-state index contributed by atoms with van der Waals surface area (Å²) in [7, 11) is -3.90. The van der Waals surface area contributed by atoms with E-state index in [0.717, 1.165) is 38.7 Å². The molecule has 1 aromatic heterocycles. The predicted molar refractivity (Wildman–Crippen MR) is 182 cm³/mol. The smallest absolute Gasteiger partial charge is 0.308 e. The molecule has 2 aliphatic heterocycles. The van der Waals surface area contributed by atoms with E-state index in [4.69, 9.17) is 5.14 Å². The highest BCUT2D eigenvalue weighted by Gasteiger charge is 2.56. The number of carbonyl (C=O) groups excluding carboxylic acids is 3. The molecule has 2 aliphatic rings. The van der Waals surface area contributed by atoms with Crippen LogP contribution in [0.4, 0.5) is 11.4 Å². The number of benzene rings is 3. The summed E-state index contributed by atoms with van der Waals surface area (Å²) < 4.78 is 25.3. The Kier molecular flexibility index (Phi) is 8.38. The van der Waals surface area contributed by atoms with Crippen molar-refractivity contribution in [1.29, 1.82) is 0 Å². The molecular formula is C32H29BrN4O6S3. The molecule has 3 atom stereocenters. The van der Waals surface area contributed by atoms with Gasteiger partial charge in [0.2, 0.25) is 27.7 Å². The zero-order valence-corrected chi connectivity index (χ0v) is 28.9. The minimum Gasteiger partial charge on any atom is -0.325 e. The minimum atomic E-state index is -3.90. The van der Waals surface area contributed by atoms with E-state index in [0.29, 0.717) is 21.3 Å². The lowest BCUT2D eigenvalue weighted by Crippen LogP contribution is -2.33. The third kappa shape index (κ3) is 5.99. The number of halogens is 1. The molecule has 10 nitrogen and oxygen atoms in total. The number of nitrogens with one attached hydrogen (secondary N) is 1. The van der Waals surface area contributed by atoms with Crippen molar-refractivity contribution in [2.45, 2.75) is 53.8 Å². The molecule has 6 rings (SSSR count). The molecular weight excluding hydrogens is 712 g/mol. The van der Waals surface area contributed by atoms with Crippen LogP contribution in [0.15, 0.2) is 92.0 Å². The predicted octanol–water partition coefficient (Wildman–Crippen LogP) is 5.05. The van der Waals surface area contributed by atoms with Crippen molar-refractivity contribution in [2.75, 3.05) is 10.2 Å². The number of fused-ring (bicyclic) bond motifs is 2. The summed E-state index contributed by atoms with van der Waals surface area (Å²) in [4.78, 5) is 56.0. The number of hydrogen-bond acceptors (Lipinski definition) is 8. The number of amides is 3. The van der Waals surface area contributed by atoms with E-state index in [9.17, 15) is 27.6 Å². The molecule has 0 bridgehead atoms. The molecule has 0 saturated carbocycles. The highest BCUT2D eigenvalue weighted by molar-refractivity contribution is 9.10. The summed E-state index contributed by atoms with van der Waals surface area (Å²) in [6, 6.07) is 20.2. The van der Waals surface area contributed by atoms with Gasteiger partial charge in [0.1, 0.15) is 11.8 Å². The summed E-state index contributed by atoms with van der Waals surface area (Å²) in [5.74, 6) is -2.58. The Balaban J connectivity index is 1.38. The van der Waals surface area contributed by atoms with Gasteiger partial charge in [-0.2, -0.15) is 0 Å². The second-order valence-corrected chi connectivity index (χ2v) is 16.7. The number of hydrogen-bond donors (Lipinski definition) is 2. The van der Waals surface area contributed by atoms with Gasteiger partial charge >= 0.3 is 4.87 Å². The summed E-state index contributed by atoms with van der Waals surface area (Å²) in [6.07, 6.45) is 0. The molecule has 0 radical (unpaired) electrons. The van der Waals surface area contributed by atoms with Gasteiger partial charge in [0.15, 0.2) is 0 Å². The number of nitrogens with two attached hydrogens (primary N) is 1. The van der Waals surface area contributed by atoms with Gasteiger partial charge in [-0.15, -0.1) is 0 Å². The first-order valence-electron chi connectivity index (χ1n) is 14.2. The number of sulfonamides is 1. The zero-order valence-electron chi connectivity index (χ0n) is 24.9. The Hall–Kier alpha value is -3.56. The Labute approximate surface area is 282 Å². The lowest BCUT2D eigenvalue weighted by Gasteiger charge is -2.31. The first-order valence-corrected chi connectivity index (χ1v) is 18.2. The van der Waals surface area contributed by atoms with Gasteiger partial charge in [0.25, 0.3) is 0 Å². The van der Waals surface area contributed by atoms with Gasteiger partial charge in [-0.3, -0.25) is 23.7 Å². The van der Waals surface area contributed by atoms with Gasteiger partial charge in [-0.05, 0) is 65.1 Å². The minimum absolute atomic E-state index is 0.103. The molecule has 2 unspecified atom stereocenters. The third-order valence-electron chi connectivity index (χ3n) is 8.04. The van der Waals surface area contributed by atoms with Crippen LogP contribution in [0.3, 0.4) is 0 Å². The number of thiazole rings is 1. The van der Waals surface area contributed by atoms with Crippen LogP contribution < -0.4 is 20.2 Å². The molecule has 46 heavy (non-hydrogen) atoms. The molecule has 4 aromatic rings. The van der Waals surface area contributed by atoms with E-state index in [1.54, 1.807) is 24.3 Å². The fraction of sp³-hybridized carbons (Fsp3) is 0.250. The van der Waals surface area contributed by atoms with Crippen LogP contribution in [0.25, 0.3) is 0 Å². The van der Waals surface area contributed by atoms with E-state index in [2.05, 4.69) is 42.0 Å². The topological polar surface area (TPSA) is 149 Å². The maximum Gasteiger partial charge on any atom is 0.308 e. The molecule has 3 heterocycles. The van der Waals surface area contributed by atoms with Crippen LogP contribution in [-0.2, 0) is 36.4 Å². The summed E-state index contributed by atoms with van der Waals surface area (Å²) >= 11 is 5.51. The Morgan fingerprint density at radius 3 is 2.15 bits per heavy atom. The number of nitrogens with zero attached hydrogens (tertiary/aromatic N) is 2. The maximum absolute atomic E-state index is 14.1. The summed E-state index contributed by atoms with van der Waals surface area (Å²) in [6.45, 7) is 5.97. The number of imide groups is 1. The van der Waals surface area contributed by atoms with Crippen molar-refractivity contribution in [3.8, 4) is 0 Å². The molecule has 0 spiro atoms. The Bertz CT molecular complexity index is 2030. The van der Waals surface area contributed by atoms with Gasteiger partial charge in [0.05, 0.1) is 21.5 Å². The maximum atomic E-state index is 14.1. The highest BCUT2D eigenvalue weighted by atomic mass is 79.9. The lowest BCUT2D eigenvalue weighted by molar-refractivity contribution is -0.122. The largest absolute Gasteiger partial charge is 0.325 e. The second-order valence-electron chi connectivity index (χ2n) is 12.1. The van der Waals surface area contributed by atoms with Crippen LogP contribution in [0.5, 0.6) is 0 Å². The average molecular weight is 742 g/mol. The third-order valence-corrected chi connectivity index (χ3v) is 12.1. The van der Waals surface area contributed by atoms with Crippen molar-refractivity contribution in [1.82, 2.24) is 4.57 Å². The molecule has 14 heteroatoms. The highest BCUT2D eigenvalue weighted by Crippen LogP contribution is 2.54. The van der Waals surface area contributed by atoms with E-state index in [1.165, 1.54) is 33.7 Å². The second kappa shape index (κ2) is 11.9. The van der Waals surface area contributed by atoms with Gasteiger partial charge in [0, 0.05) is 21.0 Å². The monoisotopic (exact) mass is 740 g/mol. The van der Waals surface area contributed by atoms with Crippen molar-refractivity contribution >= 4 is 78.1 Å². The molecule has 1 fully saturated rings. The SMILES string of the molecule is CC(C)(C)c1ccc([C@@H]2c3sc(=O)n(CC(=O)Nc4ccc(S(N)(=O)=O)cc4)c3SC3C(=O)N(c4ccc(Br)cc4)C(=O)C32)cc1. The molecule has 3 aromatic carbocycles. The van der Waals surface area contributed by atoms with Crippen LogP contribution in [0.2, 0.25) is 0 Å². The Morgan fingerprint density at radius 1 is 0.935 bits per heavy atom. The van der Waals surface area contributed by atoms with Crippen LogP contribution in [-0.4, -0.2) is 36.0 Å². The average Bonchev–Trinajstić information content (AvgIpc) is 3.43. The first kappa shape index (κ1) is 32.4. The van der Waals surface area contributed by atoms with Gasteiger partial charge < -0.3 is 5.32 Å². The number of primary sulfonamides is 1. The van der Waals surface area contributed by atoms with Crippen molar-refractivity contribution < 1.29 is 22.8 Å². The lowest BCUT2D eigenvalue weighted by atomic mass is 9.81. The zero-order chi connectivity index (χ0) is 33.1. The quantitative estimate of drug-likeness (QED) is 0.263. The van der Waals surface area contributed by atoms with Crippen LogP contribution in [0, 0.1) is 5.92 Å². The van der Waals surface area contributed by atoms with Crippen molar-refractivity contribution in [3.63, 3.8) is 0 Å². The number of thioether (sulfide) groups is 1.